The lowest BCUT2D eigenvalue weighted by Crippen LogP contribution is -1.97. The second kappa shape index (κ2) is 5.42. The van der Waals surface area contributed by atoms with E-state index in [9.17, 15) is 0 Å². The summed E-state index contributed by atoms with van der Waals surface area (Å²) >= 11 is 13.4. The fraction of sp³-hybridized carbons (Fsp3) is 0.0833. The topological polar surface area (TPSA) is 35.8 Å². The zero-order valence-corrected chi connectivity index (χ0v) is 11.0. The number of hydrogen-bond donors (Lipinski definition) is 1. The minimum atomic E-state index is 0.520. The van der Waals surface area contributed by atoms with Gasteiger partial charge in [0.05, 0.1) is 15.7 Å². The molecule has 2 aromatic rings. The van der Waals surface area contributed by atoms with Gasteiger partial charge < -0.3 is 5.32 Å². The van der Waals surface area contributed by atoms with Gasteiger partial charge in [-0.2, -0.15) is 5.26 Å². The highest BCUT2D eigenvalue weighted by molar-refractivity contribution is 7.12. The zero-order chi connectivity index (χ0) is 12.3. The molecule has 0 aliphatic heterocycles. The summed E-state index contributed by atoms with van der Waals surface area (Å²) in [6, 6.07) is 11.3. The first-order chi connectivity index (χ1) is 8.20. The second-order valence-corrected chi connectivity index (χ2v) is 5.29. The largest absolute Gasteiger partial charge is 0.379 e. The third-order valence-electron chi connectivity index (χ3n) is 2.18. The summed E-state index contributed by atoms with van der Waals surface area (Å²) in [5.41, 5.74) is 0.797. The van der Waals surface area contributed by atoms with E-state index >= 15 is 0 Å². The highest BCUT2D eigenvalue weighted by atomic mass is 35.5. The fourth-order valence-electron chi connectivity index (χ4n) is 1.36. The monoisotopic (exact) mass is 282 g/mol. The Labute approximate surface area is 113 Å². The van der Waals surface area contributed by atoms with Gasteiger partial charge in [0, 0.05) is 11.4 Å². The van der Waals surface area contributed by atoms with Crippen molar-refractivity contribution in [3.05, 3.63) is 50.1 Å². The minimum absolute atomic E-state index is 0.520. The molecule has 1 N–H and O–H groups in total. The number of nitriles is 1. The van der Waals surface area contributed by atoms with Crippen LogP contribution >= 0.6 is 34.5 Å². The number of rotatable bonds is 3. The van der Waals surface area contributed by atoms with E-state index in [0.29, 0.717) is 21.5 Å². The van der Waals surface area contributed by atoms with Crippen molar-refractivity contribution in [1.82, 2.24) is 0 Å². The van der Waals surface area contributed by atoms with E-state index in [1.165, 1.54) is 11.3 Å². The lowest BCUT2D eigenvalue weighted by Gasteiger charge is -2.07. The Hall–Kier alpha value is -1.21. The molecule has 0 bridgehead atoms. The van der Waals surface area contributed by atoms with Crippen LogP contribution in [-0.4, -0.2) is 0 Å². The molecule has 0 atom stereocenters. The number of hydrogen-bond acceptors (Lipinski definition) is 3. The molecular formula is C12H8Cl2N2S. The molecule has 0 saturated carbocycles. The van der Waals surface area contributed by atoms with Gasteiger partial charge in [-0.25, -0.2) is 0 Å². The molecule has 0 aliphatic carbocycles. The molecule has 0 radical (unpaired) electrons. The summed E-state index contributed by atoms with van der Waals surface area (Å²) in [6.45, 7) is 0.631. The first kappa shape index (κ1) is 12.3. The summed E-state index contributed by atoms with van der Waals surface area (Å²) in [6.07, 6.45) is 0. The van der Waals surface area contributed by atoms with Gasteiger partial charge in [-0.3, -0.25) is 0 Å². The van der Waals surface area contributed by atoms with Gasteiger partial charge in [0.1, 0.15) is 10.9 Å². The summed E-state index contributed by atoms with van der Waals surface area (Å²) < 4.78 is 0. The number of thiophene rings is 1. The van der Waals surface area contributed by atoms with Crippen molar-refractivity contribution >= 4 is 40.2 Å². The van der Waals surface area contributed by atoms with E-state index in [1.807, 2.05) is 18.2 Å². The molecular weight excluding hydrogens is 275 g/mol. The van der Waals surface area contributed by atoms with Crippen LogP contribution in [0.5, 0.6) is 0 Å². The number of benzene rings is 1. The Morgan fingerprint density at radius 2 is 2.06 bits per heavy atom. The SMILES string of the molecule is N#Cc1ccc(CNc2cccc(Cl)c2Cl)s1. The Kier molecular flexibility index (Phi) is 3.90. The summed E-state index contributed by atoms with van der Waals surface area (Å²) in [4.78, 5) is 1.79. The van der Waals surface area contributed by atoms with Gasteiger partial charge in [0.15, 0.2) is 0 Å². The minimum Gasteiger partial charge on any atom is -0.379 e. The van der Waals surface area contributed by atoms with Gasteiger partial charge in [0.2, 0.25) is 0 Å². The summed E-state index contributed by atoms with van der Waals surface area (Å²) in [5.74, 6) is 0. The van der Waals surface area contributed by atoms with E-state index in [-0.39, 0.29) is 0 Å². The van der Waals surface area contributed by atoms with E-state index < -0.39 is 0 Å². The van der Waals surface area contributed by atoms with Crippen LogP contribution < -0.4 is 5.32 Å². The van der Waals surface area contributed by atoms with Crippen molar-refractivity contribution in [3.8, 4) is 6.07 Å². The number of nitrogens with zero attached hydrogens (tertiary/aromatic N) is 1. The van der Waals surface area contributed by atoms with Crippen molar-refractivity contribution < 1.29 is 0 Å². The van der Waals surface area contributed by atoms with E-state index in [2.05, 4.69) is 11.4 Å². The average molecular weight is 283 g/mol. The molecule has 5 heteroatoms. The van der Waals surface area contributed by atoms with E-state index in [0.717, 1.165) is 10.6 Å². The Balaban J connectivity index is 2.07. The van der Waals surface area contributed by atoms with Crippen molar-refractivity contribution in [2.24, 2.45) is 0 Å². The van der Waals surface area contributed by atoms with Crippen molar-refractivity contribution in [2.75, 3.05) is 5.32 Å². The van der Waals surface area contributed by atoms with E-state index in [4.69, 9.17) is 28.5 Å². The Bertz CT molecular complexity index is 572. The number of halogens is 2. The van der Waals surface area contributed by atoms with Crippen LogP contribution in [-0.2, 0) is 6.54 Å². The zero-order valence-electron chi connectivity index (χ0n) is 8.71. The predicted molar refractivity (Wildman–Crippen MR) is 72.8 cm³/mol. The normalized spacial score (nSPS) is 9.94. The molecule has 1 aromatic heterocycles. The molecule has 86 valence electrons. The third kappa shape index (κ3) is 2.92. The van der Waals surface area contributed by atoms with Crippen LogP contribution in [0.4, 0.5) is 5.69 Å². The van der Waals surface area contributed by atoms with Gasteiger partial charge in [-0.05, 0) is 24.3 Å². The molecule has 2 rings (SSSR count). The lowest BCUT2D eigenvalue weighted by molar-refractivity contribution is 1.19. The molecule has 1 aromatic carbocycles. The molecule has 0 spiro atoms. The molecule has 2 nitrogen and oxygen atoms in total. The summed E-state index contributed by atoms with van der Waals surface area (Å²) in [7, 11) is 0. The van der Waals surface area contributed by atoms with Crippen LogP contribution in [0.15, 0.2) is 30.3 Å². The third-order valence-corrected chi connectivity index (χ3v) is 3.99. The molecule has 1 heterocycles. The summed E-state index contributed by atoms with van der Waals surface area (Å²) in [5, 5.41) is 13.0. The maximum atomic E-state index is 8.72. The highest BCUT2D eigenvalue weighted by Gasteiger charge is 2.04. The number of nitrogens with one attached hydrogen (secondary N) is 1. The molecule has 0 aliphatic rings. The predicted octanol–water partition coefficient (Wildman–Crippen LogP) is 4.54. The smallest absolute Gasteiger partial charge is 0.110 e. The lowest BCUT2D eigenvalue weighted by atomic mass is 10.3. The van der Waals surface area contributed by atoms with Gasteiger partial charge in [0.25, 0.3) is 0 Å². The Morgan fingerprint density at radius 3 is 2.76 bits per heavy atom. The first-order valence-electron chi connectivity index (χ1n) is 4.87. The van der Waals surface area contributed by atoms with Gasteiger partial charge >= 0.3 is 0 Å². The van der Waals surface area contributed by atoms with Crippen LogP contribution in [0.1, 0.15) is 9.75 Å². The van der Waals surface area contributed by atoms with Crippen LogP contribution in [0.2, 0.25) is 10.0 Å². The molecule has 0 saturated heterocycles. The van der Waals surface area contributed by atoms with E-state index in [1.54, 1.807) is 12.1 Å². The average Bonchev–Trinajstić information content (AvgIpc) is 2.79. The van der Waals surface area contributed by atoms with Crippen molar-refractivity contribution in [3.63, 3.8) is 0 Å². The maximum absolute atomic E-state index is 8.72. The Morgan fingerprint density at radius 1 is 1.24 bits per heavy atom. The molecule has 0 fully saturated rings. The van der Waals surface area contributed by atoms with Gasteiger partial charge in [-0.1, -0.05) is 29.3 Å². The highest BCUT2D eigenvalue weighted by Crippen LogP contribution is 2.30. The molecule has 17 heavy (non-hydrogen) atoms. The van der Waals surface area contributed by atoms with Gasteiger partial charge in [-0.15, -0.1) is 11.3 Å². The first-order valence-corrected chi connectivity index (χ1v) is 6.44. The van der Waals surface area contributed by atoms with Crippen molar-refractivity contribution in [1.29, 1.82) is 5.26 Å². The van der Waals surface area contributed by atoms with Crippen LogP contribution in [0.25, 0.3) is 0 Å². The fourth-order valence-corrected chi connectivity index (χ4v) is 2.47. The standard InChI is InChI=1S/C12H8Cl2N2S/c13-10-2-1-3-11(12(10)14)16-7-9-5-4-8(6-15)17-9/h1-5,16H,7H2. The number of anilines is 1. The molecule has 0 unspecified atom stereocenters. The molecule has 0 amide bonds. The van der Waals surface area contributed by atoms with Crippen LogP contribution in [0, 0.1) is 11.3 Å². The maximum Gasteiger partial charge on any atom is 0.110 e. The van der Waals surface area contributed by atoms with Crippen molar-refractivity contribution in [2.45, 2.75) is 6.54 Å². The quantitative estimate of drug-likeness (QED) is 0.897. The second-order valence-electron chi connectivity index (χ2n) is 3.33. The van der Waals surface area contributed by atoms with Crippen LogP contribution in [0.3, 0.4) is 0 Å².